The average Bonchev–Trinajstić information content (AvgIpc) is 2.48. The van der Waals surface area contributed by atoms with Crippen molar-refractivity contribution in [2.24, 2.45) is 0 Å². The van der Waals surface area contributed by atoms with Gasteiger partial charge in [0.2, 0.25) is 8.32 Å². The Hall–Kier alpha value is -0.953. The Morgan fingerprint density at radius 3 is 1.65 bits per heavy atom. The molecular formula is C17H23OPSi. The van der Waals surface area contributed by atoms with Gasteiger partial charge in [0.25, 0.3) is 0 Å². The Kier molecular flexibility index (Phi) is 4.80. The zero-order valence-corrected chi connectivity index (χ0v) is 14.6. The first-order valence-electron chi connectivity index (χ1n) is 7.06. The second kappa shape index (κ2) is 6.22. The molecule has 2 aromatic rings. The summed E-state index contributed by atoms with van der Waals surface area (Å²) in [5, 5.41) is 0. The molecule has 0 aliphatic carbocycles. The lowest BCUT2D eigenvalue weighted by Crippen LogP contribution is -2.51. The summed E-state index contributed by atoms with van der Waals surface area (Å²) in [5.74, 6) is 0. The predicted octanol–water partition coefficient (Wildman–Crippen LogP) is 4.59. The van der Waals surface area contributed by atoms with E-state index in [4.69, 9.17) is 4.43 Å². The van der Waals surface area contributed by atoms with Crippen molar-refractivity contribution in [2.45, 2.75) is 24.8 Å². The van der Waals surface area contributed by atoms with E-state index >= 15 is 0 Å². The van der Waals surface area contributed by atoms with Gasteiger partial charge in [-0.15, -0.1) is 9.24 Å². The van der Waals surface area contributed by atoms with Crippen LogP contribution in [0.3, 0.4) is 0 Å². The fourth-order valence-electron chi connectivity index (χ4n) is 2.74. The monoisotopic (exact) mass is 302 g/mol. The molecule has 20 heavy (non-hydrogen) atoms. The molecule has 106 valence electrons. The molecule has 2 aromatic carbocycles. The SMILES string of the molecule is CCO[Si](C)(C)C(P)(c1ccccc1)c1ccccc1. The third kappa shape index (κ3) is 2.74. The quantitative estimate of drug-likeness (QED) is 0.580. The normalized spacial score (nSPS) is 12.4. The first-order chi connectivity index (χ1) is 9.52. The third-order valence-corrected chi connectivity index (χ3v) is 10.2. The van der Waals surface area contributed by atoms with Crippen molar-refractivity contribution in [3.8, 4) is 0 Å². The van der Waals surface area contributed by atoms with Gasteiger partial charge < -0.3 is 4.43 Å². The Bertz CT molecular complexity index is 500. The van der Waals surface area contributed by atoms with Crippen LogP contribution in [0.25, 0.3) is 0 Å². The molecule has 1 unspecified atom stereocenters. The van der Waals surface area contributed by atoms with Crippen LogP contribution in [-0.4, -0.2) is 14.9 Å². The summed E-state index contributed by atoms with van der Waals surface area (Å²) in [5.41, 5.74) is 2.61. The van der Waals surface area contributed by atoms with E-state index in [0.29, 0.717) is 0 Å². The Labute approximate surface area is 125 Å². The highest BCUT2D eigenvalue weighted by atomic mass is 31.0. The summed E-state index contributed by atoms with van der Waals surface area (Å²) >= 11 is 0. The number of rotatable bonds is 5. The van der Waals surface area contributed by atoms with E-state index in [2.05, 4.69) is 89.9 Å². The van der Waals surface area contributed by atoms with Gasteiger partial charge in [0.05, 0.1) is 4.78 Å². The highest BCUT2D eigenvalue weighted by Crippen LogP contribution is 2.46. The van der Waals surface area contributed by atoms with Gasteiger partial charge in [0, 0.05) is 6.61 Å². The minimum Gasteiger partial charge on any atom is -0.416 e. The van der Waals surface area contributed by atoms with Crippen molar-refractivity contribution >= 4 is 17.6 Å². The van der Waals surface area contributed by atoms with Gasteiger partial charge in [-0.25, -0.2) is 0 Å². The summed E-state index contributed by atoms with van der Waals surface area (Å²) in [4.78, 5) is 0. The van der Waals surface area contributed by atoms with E-state index in [1.807, 2.05) is 0 Å². The number of hydrogen-bond donors (Lipinski definition) is 0. The molecule has 0 saturated heterocycles. The van der Waals surface area contributed by atoms with Crippen molar-refractivity contribution in [1.82, 2.24) is 0 Å². The fraction of sp³-hybridized carbons (Fsp3) is 0.294. The molecule has 2 rings (SSSR count). The van der Waals surface area contributed by atoms with Crippen LogP contribution in [0.5, 0.6) is 0 Å². The largest absolute Gasteiger partial charge is 0.416 e. The van der Waals surface area contributed by atoms with E-state index in [0.717, 1.165) is 6.61 Å². The van der Waals surface area contributed by atoms with E-state index in [1.54, 1.807) is 0 Å². The minimum absolute atomic E-state index is 0.133. The maximum atomic E-state index is 6.22. The molecule has 0 aliphatic heterocycles. The second-order valence-corrected chi connectivity index (χ2v) is 11.0. The Balaban J connectivity index is 2.61. The minimum atomic E-state index is -1.98. The van der Waals surface area contributed by atoms with Gasteiger partial charge in [-0.1, -0.05) is 60.7 Å². The second-order valence-electron chi connectivity index (χ2n) is 5.48. The molecule has 1 nitrogen and oxygen atoms in total. The van der Waals surface area contributed by atoms with Crippen LogP contribution in [0.15, 0.2) is 60.7 Å². The van der Waals surface area contributed by atoms with Gasteiger partial charge in [-0.3, -0.25) is 0 Å². The van der Waals surface area contributed by atoms with Crippen LogP contribution in [0.4, 0.5) is 0 Å². The number of benzene rings is 2. The van der Waals surface area contributed by atoms with Gasteiger partial charge in [0.15, 0.2) is 0 Å². The van der Waals surface area contributed by atoms with E-state index in [9.17, 15) is 0 Å². The van der Waals surface area contributed by atoms with E-state index in [-0.39, 0.29) is 4.78 Å². The van der Waals surface area contributed by atoms with Crippen LogP contribution in [-0.2, 0) is 9.21 Å². The van der Waals surface area contributed by atoms with Crippen LogP contribution in [0.1, 0.15) is 18.1 Å². The smallest absolute Gasteiger partial charge is 0.205 e. The van der Waals surface area contributed by atoms with Crippen molar-refractivity contribution in [1.29, 1.82) is 0 Å². The molecule has 0 aromatic heterocycles. The van der Waals surface area contributed by atoms with Gasteiger partial charge in [0.1, 0.15) is 0 Å². The molecule has 0 radical (unpaired) electrons. The topological polar surface area (TPSA) is 9.23 Å². The van der Waals surface area contributed by atoms with E-state index in [1.165, 1.54) is 11.1 Å². The number of hydrogen-bond acceptors (Lipinski definition) is 1. The Morgan fingerprint density at radius 1 is 0.900 bits per heavy atom. The molecule has 0 bridgehead atoms. The summed E-state index contributed by atoms with van der Waals surface area (Å²) < 4.78 is 6.09. The lowest BCUT2D eigenvalue weighted by atomic mass is 10.0. The first-order valence-corrected chi connectivity index (χ1v) is 10.5. The van der Waals surface area contributed by atoms with Crippen LogP contribution < -0.4 is 0 Å². The highest BCUT2D eigenvalue weighted by molar-refractivity contribution is 7.26. The molecule has 0 fully saturated rings. The van der Waals surface area contributed by atoms with Crippen molar-refractivity contribution in [3.05, 3.63) is 71.8 Å². The molecule has 0 amide bonds. The predicted molar refractivity (Wildman–Crippen MR) is 92.5 cm³/mol. The van der Waals surface area contributed by atoms with Crippen molar-refractivity contribution in [3.63, 3.8) is 0 Å². The maximum Gasteiger partial charge on any atom is 0.205 e. The fourth-order valence-corrected chi connectivity index (χ4v) is 6.05. The molecule has 1 atom stereocenters. The maximum absolute atomic E-state index is 6.22. The lowest BCUT2D eigenvalue weighted by molar-refractivity contribution is 0.320. The molecule has 0 saturated carbocycles. The molecule has 0 spiro atoms. The molecular weight excluding hydrogens is 279 g/mol. The zero-order valence-electron chi connectivity index (χ0n) is 12.5. The van der Waals surface area contributed by atoms with Gasteiger partial charge >= 0.3 is 0 Å². The standard InChI is InChI=1S/C17H23OPSi/c1-4-18-20(2,3)17(19,15-11-7-5-8-12-15)16-13-9-6-10-14-16/h5-14H,4,19H2,1-3H3. The first kappa shape index (κ1) is 15.4. The molecule has 3 heteroatoms. The highest BCUT2D eigenvalue weighted by Gasteiger charge is 2.47. The molecule has 0 aliphatic rings. The lowest BCUT2D eigenvalue weighted by Gasteiger charge is -2.42. The molecule has 0 heterocycles. The van der Waals surface area contributed by atoms with Crippen LogP contribution in [0.2, 0.25) is 13.1 Å². The Morgan fingerprint density at radius 2 is 1.30 bits per heavy atom. The summed E-state index contributed by atoms with van der Waals surface area (Å²) in [6.07, 6.45) is 0. The third-order valence-electron chi connectivity index (χ3n) is 3.91. The van der Waals surface area contributed by atoms with E-state index < -0.39 is 8.32 Å². The summed E-state index contributed by atoms with van der Waals surface area (Å²) in [6, 6.07) is 21.4. The van der Waals surface area contributed by atoms with Gasteiger partial charge in [-0.05, 0) is 31.1 Å². The van der Waals surface area contributed by atoms with Crippen LogP contribution in [0, 0.1) is 0 Å². The zero-order chi connectivity index (χ0) is 14.6. The average molecular weight is 302 g/mol. The van der Waals surface area contributed by atoms with Gasteiger partial charge in [-0.2, -0.15) is 0 Å². The summed E-state index contributed by atoms with van der Waals surface area (Å²) in [6.45, 7) is 7.43. The van der Waals surface area contributed by atoms with Crippen molar-refractivity contribution < 1.29 is 4.43 Å². The molecule has 0 N–H and O–H groups in total. The van der Waals surface area contributed by atoms with Crippen LogP contribution >= 0.6 is 9.24 Å². The summed E-state index contributed by atoms with van der Waals surface area (Å²) in [7, 11) is 1.13. The van der Waals surface area contributed by atoms with Crippen molar-refractivity contribution in [2.75, 3.05) is 6.61 Å².